The summed E-state index contributed by atoms with van der Waals surface area (Å²) < 4.78 is 0. The molecule has 0 fully saturated rings. The molecule has 0 aromatic carbocycles. The Hall–Kier alpha value is -0.860. The lowest BCUT2D eigenvalue weighted by Crippen LogP contribution is -2.52. The molecule has 0 saturated heterocycles. The van der Waals surface area contributed by atoms with Crippen molar-refractivity contribution < 1.29 is 9.59 Å². The largest absolute Gasteiger partial charge is 0.374 e. The van der Waals surface area contributed by atoms with Gasteiger partial charge in [0.05, 0.1) is 11.6 Å². The van der Waals surface area contributed by atoms with Crippen LogP contribution < -0.4 is 21.3 Å². The quantitative estimate of drug-likeness (QED) is 0.316. The normalized spacial score (nSPS) is 22.8. The molecule has 0 aromatic heterocycles. The highest BCUT2D eigenvalue weighted by molar-refractivity contribution is 7.80. The molecule has 0 radical (unpaired) electrons. The zero-order valence-electron chi connectivity index (χ0n) is 12.6. The lowest BCUT2D eigenvalue weighted by Gasteiger charge is -2.22. The zero-order valence-corrected chi connectivity index (χ0v) is 14.4. The predicted octanol–water partition coefficient (Wildman–Crippen LogP) is -0.699. The molecule has 21 heavy (non-hydrogen) atoms. The van der Waals surface area contributed by atoms with E-state index in [2.05, 4.69) is 46.5 Å². The summed E-state index contributed by atoms with van der Waals surface area (Å²) in [6.45, 7) is 4.52. The monoisotopic (exact) mass is 332 g/mol. The van der Waals surface area contributed by atoms with Gasteiger partial charge in [-0.05, 0) is 19.5 Å². The van der Waals surface area contributed by atoms with Crippen molar-refractivity contribution in [3.05, 3.63) is 11.8 Å². The number of carbonyl (C=O) groups excluding carboxylic acids is 2. The highest BCUT2D eigenvalue weighted by atomic mass is 32.1. The number of rotatable bonds is 9. The Labute approximate surface area is 136 Å². The average molecular weight is 332 g/mol. The molecule has 2 amide bonds. The lowest BCUT2D eigenvalue weighted by molar-refractivity contribution is -0.123. The Kier molecular flexibility index (Phi) is 6.89. The summed E-state index contributed by atoms with van der Waals surface area (Å²) in [4.78, 5) is 23.8. The summed E-state index contributed by atoms with van der Waals surface area (Å²) in [5, 5.41) is 11.7. The standard InChI is InChI=1S/C13H24N4O2S2/c1-4-15-8(6-20)12(19)17-13(2)5-10(13)16-9(7-21)11(18)14-3/h5,8-9,15-16,20-21H,4,6-7H2,1-3H3,(H,14,18)(H,17,19)/t8-,9-,13+/m0/s1. The molecule has 1 aliphatic carbocycles. The van der Waals surface area contributed by atoms with E-state index >= 15 is 0 Å². The number of likely N-dealkylation sites (N-methyl/N-ethyl adjacent to an activating group) is 2. The van der Waals surface area contributed by atoms with Crippen molar-refractivity contribution in [2.24, 2.45) is 0 Å². The fourth-order valence-corrected chi connectivity index (χ4v) is 2.49. The third-order valence-electron chi connectivity index (χ3n) is 3.32. The van der Waals surface area contributed by atoms with Gasteiger partial charge in [-0.15, -0.1) is 0 Å². The minimum absolute atomic E-state index is 0.107. The molecular weight excluding hydrogens is 308 g/mol. The van der Waals surface area contributed by atoms with Gasteiger partial charge in [-0.25, -0.2) is 0 Å². The minimum Gasteiger partial charge on any atom is -0.374 e. The van der Waals surface area contributed by atoms with E-state index in [1.165, 1.54) is 0 Å². The van der Waals surface area contributed by atoms with Gasteiger partial charge in [0.1, 0.15) is 6.04 Å². The van der Waals surface area contributed by atoms with Crippen molar-refractivity contribution in [1.29, 1.82) is 0 Å². The van der Waals surface area contributed by atoms with Gasteiger partial charge in [-0.3, -0.25) is 9.59 Å². The van der Waals surface area contributed by atoms with Gasteiger partial charge in [0.2, 0.25) is 11.8 Å². The first-order valence-electron chi connectivity index (χ1n) is 6.90. The molecule has 4 N–H and O–H groups in total. The van der Waals surface area contributed by atoms with Gasteiger partial charge in [0.25, 0.3) is 0 Å². The smallest absolute Gasteiger partial charge is 0.243 e. The first-order valence-corrected chi connectivity index (χ1v) is 8.16. The summed E-state index contributed by atoms with van der Waals surface area (Å²) >= 11 is 8.33. The minimum atomic E-state index is -0.525. The summed E-state index contributed by atoms with van der Waals surface area (Å²) in [6, 6.07) is -0.747. The van der Waals surface area contributed by atoms with Crippen LogP contribution >= 0.6 is 25.3 Å². The Morgan fingerprint density at radius 1 is 1.24 bits per heavy atom. The van der Waals surface area contributed by atoms with Crippen LogP contribution in [0.25, 0.3) is 0 Å². The van der Waals surface area contributed by atoms with Crippen LogP contribution in [0.1, 0.15) is 13.8 Å². The van der Waals surface area contributed by atoms with Gasteiger partial charge in [-0.2, -0.15) is 25.3 Å². The van der Waals surface area contributed by atoms with E-state index in [0.717, 1.165) is 5.70 Å². The number of nitrogens with one attached hydrogen (secondary N) is 4. The van der Waals surface area contributed by atoms with Crippen LogP contribution in [0, 0.1) is 0 Å². The number of amides is 2. The summed E-state index contributed by atoms with van der Waals surface area (Å²) in [5.41, 5.74) is 0.302. The fraction of sp³-hybridized carbons (Fsp3) is 0.692. The maximum absolute atomic E-state index is 12.1. The van der Waals surface area contributed by atoms with Crippen LogP contribution in [0.15, 0.2) is 11.8 Å². The molecule has 0 heterocycles. The molecule has 1 rings (SSSR count). The topological polar surface area (TPSA) is 82.3 Å². The molecule has 3 atom stereocenters. The van der Waals surface area contributed by atoms with Crippen molar-refractivity contribution in [3.63, 3.8) is 0 Å². The summed E-state index contributed by atoms with van der Waals surface area (Å²) in [6.07, 6.45) is 1.88. The number of thiol groups is 2. The van der Waals surface area contributed by atoms with E-state index in [-0.39, 0.29) is 17.9 Å². The van der Waals surface area contributed by atoms with Crippen LogP contribution in [-0.4, -0.2) is 54.5 Å². The first kappa shape index (κ1) is 18.2. The molecule has 0 spiro atoms. The second-order valence-corrected chi connectivity index (χ2v) is 5.77. The lowest BCUT2D eigenvalue weighted by atomic mass is 10.2. The van der Waals surface area contributed by atoms with E-state index in [4.69, 9.17) is 0 Å². The molecule has 8 heteroatoms. The molecule has 120 valence electrons. The number of hydrogen-bond donors (Lipinski definition) is 6. The van der Waals surface area contributed by atoms with Gasteiger partial charge in [-0.1, -0.05) is 6.92 Å². The second-order valence-electron chi connectivity index (χ2n) is 5.04. The van der Waals surface area contributed by atoms with E-state index in [9.17, 15) is 9.59 Å². The first-order chi connectivity index (χ1) is 9.91. The van der Waals surface area contributed by atoms with Crippen LogP contribution in [0.3, 0.4) is 0 Å². The van der Waals surface area contributed by atoms with E-state index in [0.29, 0.717) is 18.1 Å². The maximum atomic E-state index is 12.1. The number of hydrogen-bond acceptors (Lipinski definition) is 6. The van der Waals surface area contributed by atoms with Crippen molar-refractivity contribution in [3.8, 4) is 0 Å². The molecule has 0 saturated carbocycles. The third kappa shape index (κ3) is 4.82. The van der Waals surface area contributed by atoms with Gasteiger partial charge < -0.3 is 21.3 Å². The highest BCUT2D eigenvalue weighted by Crippen LogP contribution is 2.31. The van der Waals surface area contributed by atoms with Crippen molar-refractivity contribution in [2.45, 2.75) is 31.5 Å². The zero-order chi connectivity index (χ0) is 16.0. The van der Waals surface area contributed by atoms with E-state index in [1.54, 1.807) is 7.05 Å². The average Bonchev–Trinajstić information content (AvgIpc) is 3.10. The van der Waals surface area contributed by atoms with Crippen molar-refractivity contribution >= 4 is 37.1 Å². The van der Waals surface area contributed by atoms with Crippen LogP contribution in [-0.2, 0) is 9.59 Å². The Morgan fingerprint density at radius 3 is 2.33 bits per heavy atom. The van der Waals surface area contributed by atoms with E-state index < -0.39 is 11.6 Å². The van der Waals surface area contributed by atoms with E-state index in [1.807, 2.05) is 19.9 Å². The van der Waals surface area contributed by atoms with Crippen molar-refractivity contribution in [2.75, 3.05) is 25.1 Å². The molecule has 0 aromatic rings. The van der Waals surface area contributed by atoms with Crippen LogP contribution in [0.5, 0.6) is 0 Å². The van der Waals surface area contributed by atoms with Gasteiger partial charge >= 0.3 is 0 Å². The molecule has 0 aliphatic heterocycles. The number of carbonyl (C=O) groups is 2. The van der Waals surface area contributed by atoms with Gasteiger partial charge in [0.15, 0.2) is 0 Å². The van der Waals surface area contributed by atoms with Crippen LogP contribution in [0.4, 0.5) is 0 Å². The Balaban J connectivity index is 2.52. The molecule has 6 nitrogen and oxygen atoms in total. The third-order valence-corrected chi connectivity index (χ3v) is 4.05. The molecular formula is C13H24N4O2S2. The SMILES string of the molecule is CCN[C@@H](CS)C(=O)N[C@]1(C)C=C1N[C@@H](CS)C(=O)NC. The van der Waals surface area contributed by atoms with Crippen molar-refractivity contribution in [1.82, 2.24) is 21.3 Å². The highest BCUT2D eigenvalue weighted by Gasteiger charge is 2.43. The Bertz CT molecular complexity index is 430. The van der Waals surface area contributed by atoms with Gasteiger partial charge in [0, 0.05) is 24.3 Å². The Morgan fingerprint density at radius 2 is 1.86 bits per heavy atom. The molecule has 1 aliphatic rings. The molecule has 0 unspecified atom stereocenters. The fourth-order valence-electron chi connectivity index (χ4n) is 1.93. The summed E-state index contributed by atoms with van der Waals surface area (Å²) in [5.74, 6) is 0.561. The summed E-state index contributed by atoms with van der Waals surface area (Å²) in [7, 11) is 1.58. The predicted molar refractivity (Wildman–Crippen MR) is 90.8 cm³/mol. The molecule has 0 bridgehead atoms. The van der Waals surface area contributed by atoms with Crippen LogP contribution in [0.2, 0.25) is 0 Å². The second kappa shape index (κ2) is 7.95. The maximum Gasteiger partial charge on any atom is 0.243 e.